The van der Waals surface area contributed by atoms with E-state index in [-0.39, 0.29) is 12.1 Å². The molecule has 1 heterocycles. The van der Waals surface area contributed by atoms with Gasteiger partial charge in [-0.25, -0.2) is 0 Å². The maximum absolute atomic E-state index is 10.7. The molecule has 0 saturated carbocycles. The summed E-state index contributed by atoms with van der Waals surface area (Å²) < 4.78 is 0. The Morgan fingerprint density at radius 1 is 1.47 bits per heavy atom. The zero-order valence-electron chi connectivity index (χ0n) is 7.77. The van der Waals surface area contributed by atoms with Gasteiger partial charge in [-0.05, 0) is 17.7 Å². The molecule has 0 aliphatic carbocycles. The summed E-state index contributed by atoms with van der Waals surface area (Å²) in [6.45, 7) is 0. The van der Waals surface area contributed by atoms with Gasteiger partial charge in [0.1, 0.15) is 6.29 Å². The number of nitro groups is 1. The van der Waals surface area contributed by atoms with Crippen LogP contribution in [0.4, 0.5) is 5.69 Å². The van der Waals surface area contributed by atoms with Gasteiger partial charge in [0.25, 0.3) is 5.69 Å². The van der Waals surface area contributed by atoms with Crippen LogP contribution in [0.15, 0.2) is 24.4 Å². The fourth-order valence-corrected chi connectivity index (χ4v) is 1.53. The summed E-state index contributed by atoms with van der Waals surface area (Å²) in [5.74, 6) is 0. The van der Waals surface area contributed by atoms with Gasteiger partial charge in [0.15, 0.2) is 0 Å². The molecular weight excluding hydrogens is 196 g/mol. The van der Waals surface area contributed by atoms with Gasteiger partial charge >= 0.3 is 0 Å². The van der Waals surface area contributed by atoms with Crippen molar-refractivity contribution in [3.8, 4) is 0 Å². The Balaban J connectivity index is 2.61. The quantitative estimate of drug-likeness (QED) is 0.470. The number of nitrogens with one attached hydrogen (secondary N) is 1. The second kappa shape index (κ2) is 3.53. The van der Waals surface area contributed by atoms with Crippen LogP contribution in [0.2, 0.25) is 0 Å². The van der Waals surface area contributed by atoms with Crippen LogP contribution < -0.4 is 0 Å². The zero-order chi connectivity index (χ0) is 10.8. The molecule has 0 spiro atoms. The summed E-state index contributed by atoms with van der Waals surface area (Å²) in [4.78, 5) is 23.4. The highest BCUT2D eigenvalue weighted by Gasteiger charge is 2.13. The number of aldehydes is 1. The SMILES string of the molecule is O=CCc1ccc2[nH]cc([N+](=O)[O-])c2c1. The van der Waals surface area contributed by atoms with Crippen molar-refractivity contribution in [3.05, 3.63) is 40.1 Å². The number of carbonyl (C=O) groups is 1. The Bertz CT molecular complexity index is 530. The molecule has 0 unspecified atom stereocenters. The fraction of sp³-hybridized carbons (Fsp3) is 0.100. The maximum atomic E-state index is 10.7. The Morgan fingerprint density at radius 2 is 2.27 bits per heavy atom. The number of nitrogens with zero attached hydrogens (tertiary/aromatic N) is 1. The summed E-state index contributed by atoms with van der Waals surface area (Å²) in [6.07, 6.45) is 2.41. The molecule has 1 N–H and O–H groups in total. The standard InChI is InChI=1S/C10H8N2O3/c13-4-3-7-1-2-9-8(5-7)10(6-11-9)12(14)15/h1-2,4-6,11H,3H2. The van der Waals surface area contributed by atoms with E-state index in [4.69, 9.17) is 0 Å². The van der Waals surface area contributed by atoms with Crippen LogP contribution in [0, 0.1) is 10.1 Å². The average molecular weight is 204 g/mol. The molecule has 0 amide bonds. The number of benzene rings is 1. The van der Waals surface area contributed by atoms with Crippen molar-refractivity contribution in [2.24, 2.45) is 0 Å². The Hall–Kier alpha value is -2.17. The minimum Gasteiger partial charge on any atom is -0.355 e. The van der Waals surface area contributed by atoms with Crippen molar-refractivity contribution in [1.82, 2.24) is 4.98 Å². The van der Waals surface area contributed by atoms with E-state index in [1.807, 2.05) is 0 Å². The van der Waals surface area contributed by atoms with Gasteiger partial charge in [-0.3, -0.25) is 10.1 Å². The number of aromatic nitrogens is 1. The number of hydrogen-bond donors (Lipinski definition) is 1. The van der Waals surface area contributed by atoms with E-state index < -0.39 is 4.92 Å². The number of H-pyrrole nitrogens is 1. The Labute approximate surface area is 84.9 Å². The van der Waals surface area contributed by atoms with Crippen molar-refractivity contribution < 1.29 is 9.72 Å². The fourth-order valence-electron chi connectivity index (χ4n) is 1.53. The molecule has 2 rings (SSSR count). The second-order valence-electron chi connectivity index (χ2n) is 3.18. The molecule has 0 saturated heterocycles. The molecule has 0 aliphatic heterocycles. The predicted octanol–water partition coefficient (Wildman–Crippen LogP) is 1.82. The summed E-state index contributed by atoms with van der Waals surface area (Å²) in [7, 11) is 0. The topological polar surface area (TPSA) is 76.0 Å². The lowest BCUT2D eigenvalue weighted by Crippen LogP contribution is -1.87. The summed E-state index contributed by atoms with van der Waals surface area (Å²) in [6, 6.07) is 5.18. The highest BCUT2D eigenvalue weighted by Crippen LogP contribution is 2.25. The lowest BCUT2D eigenvalue weighted by molar-refractivity contribution is -0.383. The van der Waals surface area contributed by atoms with Crippen molar-refractivity contribution in [2.75, 3.05) is 0 Å². The molecule has 1 aromatic carbocycles. The van der Waals surface area contributed by atoms with Crippen molar-refractivity contribution in [3.63, 3.8) is 0 Å². The molecule has 76 valence electrons. The van der Waals surface area contributed by atoms with Crippen LogP contribution in [0.5, 0.6) is 0 Å². The van der Waals surface area contributed by atoms with Crippen LogP contribution in [0.3, 0.4) is 0 Å². The Morgan fingerprint density at radius 3 is 2.93 bits per heavy atom. The smallest absolute Gasteiger partial charge is 0.294 e. The van der Waals surface area contributed by atoms with Gasteiger partial charge in [0.2, 0.25) is 0 Å². The van der Waals surface area contributed by atoms with Gasteiger partial charge in [0.05, 0.1) is 22.0 Å². The van der Waals surface area contributed by atoms with E-state index >= 15 is 0 Å². The van der Waals surface area contributed by atoms with E-state index in [2.05, 4.69) is 4.98 Å². The van der Waals surface area contributed by atoms with E-state index in [9.17, 15) is 14.9 Å². The van der Waals surface area contributed by atoms with E-state index in [1.54, 1.807) is 18.2 Å². The van der Waals surface area contributed by atoms with Gasteiger partial charge in [0, 0.05) is 6.42 Å². The van der Waals surface area contributed by atoms with Gasteiger partial charge in [-0.1, -0.05) is 6.07 Å². The van der Waals surface area contributed by atoms with Gasteiger partial charge in [-0.2, -0.15) is 0 Å². The normalized spacial score (nSPS) is 10.4. The Kier molecular flexibility index (Phi) is 2.21. The average Bonchev–Trinajstić information content (AvgIpc) is 2.61. The zero-order valence-corrected chi connectivity index (χ0v) is 7.77. The first-order valence-corrected chi connectivity index (χ1v) is 4.40. The molecule has 0 fully saturated rings. The van der Waals surface area contributed by atoms with Crippen LogP contribution in [-0.4, -0.2) is 16.2 Å². The molecule has 5 nitrogen and oxygen atoms in total. The number of carbonyl (C=O) groups excluding carboxylic acids is 1. The summed E-state index contributed by atoms with van der Waals surface area (Å²) in [5, 5.41) is 11.2. The third-order valence-corrected chi connectivity index (χ3v) is 2.24. The van der Waals surface area contributed by atoms with Crippen molar-refractivity contribution >= 4 is 22.9 Å². The first kappa shape index (κ1) is 9.39. The minimum atomic E-state index is -0.441. The summed E-state index contributed by atoms with van der Waals surface area (Å²) in [5.41, 5.74) is 1.52. The monoisotopic (exact) mass is 204 g/mol. The van der Waals surface area contributed by atoms with Crippen LogP contribution in [-0.2, 0) is 11.2 Å². The molecule has 2 aromatic rings. The van der Waals surface area contributed by atoms with E-state index in [1.165, 1.54) is 6.20 Å². The third-order valence-electron chi connectivity index (χ3n) is 2.24. The van der Waals surface area contributed by atoms with Crippen molar-refractivity contribution in [2.45, 2.75) is 6.42 Å². The van der Waals surface area contributed by atoms with Crippen molar-refractivity contribution in [1.29, 1.82) is 0 Å². The molecule has 0 atom stereocenters. The first-order chi connectivity index (χ1) is 7.22. The highest BCUT2D eigenvalue weighted by molar-refractivity contribution is 5.89. The second-order valence-corrected chi connectivity index (χ2v) is 3.18. The van der Waals surface area contributed by atoms with Gasteiger partial charge in [-0.15, -0.1) is 0 Å². The molecule has 0 aliphatic rings. The van der Waals surface area contributed by atoms with E-state index in [0.717, 1.165) is 11.8 Å². The highest BCUT2D eigenvalue weighted by atomic mass is 16.6. The molecule has 5 heteroatoms. The minimum absolute atomic E-state index is 0.0396. The maximum Gasteiger partial charge on any atom is 0.294 e. The summed E-state index contributed by atoms with van der Waals surface area (Å²) >= 11 is 0. The lowest BCUT2D eigenvalue weighted by Gasteiger charge is -1.95. The van der Waals surface area contributed by atoms with Crippen LogP contribution in [0.25, 0.3) is 10.9 Å². The molecule has 0 bridgehead atoms. The van der Waals surface area contributed by atoms with Gasteiger partial charge < -0.3 is 9.78 Å². The van der Waals surface area contributed by atoms with Crippen LogP contribution >= 0.6 is 0 Å². The first-order valence-electron chi connectivity index (χ1n) is 4.40. The molecule has 0 radical (unpaired) electrons. The number of hydrogen-bond acceptors (Lipinski definition) is 3. The largest absolute Gasteiger partial charge is 0.355 e. The molecule has 1 aromatic heterocycles. The predicted molar refractivity (Wildman–Crippen MR) is 54.7 cm³/mol. The van der Waals surface area contributed by atoms with Crippen LogP contribution in [0.1, 0.15) is 5.56 Å². The number of rotatable bonds is 3. The number of aromatic amines is 1. The third kappa shape index (κ3) is 1.59. The van der Waals surface area contributed by atoms with E-state index in [0.29, 0.717) is 10.9 Å². The number of fused-ring (bicyclic) bond motifs is 1. The molecule has 15 heavy (non-hydrogen) atoms. The lowest BCUT2D eigenvalue weighted by atomic mass is 10.1. The molecular formula is C10H8N2O3.